The zero-order valence-corrected chi connectivity index (χ0v) is 13.7. The summed E-state index contributed by atoms with van der Waals surface area (Å²) < 4.78 is 5.43. The highest BCUT2D eigenvalue weighted by Gasteiger charge is 2.19. The molecule has 0 spiro atoms. The van der Waals surface area contributed by atoms with Gasteiger partial charge in [-0.3, -0.25) is 4.98 Å². The van der Waals surface area contributed by atoms with E-state index in [1.54, 1.807) is 4.90 Å². The van der Waals surface area contributed by atoms with Crippen LogP contribution in [0.1, 0.15) is 24.1 Å². The fourth-order valence-corrected chi connectivity index (χ4v) is 3.87. The largest absolute Gasteiger partial charge is 0.384 e. The Morgan fingerprint density at radius 1 is 1.13 bits per heavy atom. The van der Waals surface area contributed by atoms with Crippen molar-refractivity contribution in [3.63, 3.8) is 0 Å². The number of anilines is 1. The molecule has 0 radical (unpaired) electrons. The maximum Gasteiger partial charge on any atom is 0.101 e. The monoisotopic (exact) mass is 312 g/mol. The smallest absolute Gasteiger partial charge is 0.101 e. The Bertz CT molecular complexity index is 680. The number of quaternary nitrogens is 1. The number of aryl methyl sites for hydroxylation is 1. The van der Waals surface area contributed by atoms with Gasteiger partial charge in [0.1, 0.15) is 13.1 Å². The standard InChI is InChI=1S/C19H25N3O/c1-2-7-17-15(5-1)19(16-6-3-8-18(16)21-17)20-9-4-10-22-11-13-23-14-12-22/h1-2,5,7H,3-4,6,8-14H2,(H,20,21)/p+1. The van der Waals surface area contributed by atoms with E-state index in [0.717, 1.165) is 44.8 Å². The number of rotatable bonds is 5. The van der Waals surface area contributed by atoms with Crippen molar-refractivity contribution in [1.29, 1.82) is 0 Å². The first-order chi connectivity index (χ1) is 11.4. The molecule has 1 aromatic carbocycles. The molecule has 0 atom stereocenters. The van der Waals surface area contributed by atoms with Gasteiger partial charge in [0, 0.05) is 29.7 Å². The lowest BCUT2D eigenvalue weighted by molar-refractivity contribution is -0.908. The van der Waals surface area contributed by atoms with Gasteiger partial charge in [-0.2, -0.15) is 0 Å². The fourth-order valence-electron chi connectivity index (χ4n) is 3.87. The second kappa shape index (κ2) is 6.85. The number of nitrogens with one attached hydrogen (secondary N) is 2. The number of morpholine rings is 1. The quantitative estimate of drug-likeness (QED) is 0.821. The Kier molecular flexibility index (Phi) is 4.44. The summed E-state index contributed by atoms with van der Waals surface area (Å²) in [5.74, 6) is 0. The topological polar surface area (TPSA) is 38.6 Å². The third kappa shape index (κ3) is 3.19. The summed E-state index contributed by atoms with van der Waals surface area (Å²) in [4.78, 5) is 6.54. The number of aromatic nitrogens is 1. The van der Waals surface area contributed by atoms with Crippen LogP contribution < -0.4 is 10.2 Å². The van der Waals surface area contributed by atoms with Crippen LogP contribution in [0.15, 0.2) is 24.3 Å². The number of nitrogens with zero attached hydrogens (tertiary/aromatic N) is 1. The second-order valence-electron chi connectivity index (χ2n) is 6.68. The summed E-state index contributed by atoms with van der Waals surface area (Å²) in [7, 11) is 0. The lowest BCUT2D eigenvalue weighted by Gasteiger charge is -2.24. The van der Waals surface area contributed by atoms with E-state index in [1.807, 2.05) is 0 Å². The lowest BCUT2D eigenvalue weighted by atomic mass is 10.1. The third-order valence-corrected chi connectivity index (χ3v) is 5.13. The molecule has 0 unspecified atom stereocenters. The van der Waals surface area contributed by atoms with Gasteiger partial charge >= 0.3 is 0 Å². The van der Waals surface area contributed by atoms with E-state index in [2.05, 4.69) is 29.6 Å². The average Bonchev–Trinajstić information content (AvgIpc) is 3.07. The molecule has 0 amide bonds. The number of ether oxygens (including phenoxy) is 1. The van der Waals surface area contributed by atoms with Gasteiger partial charge in [-0.25, -0.2) is 0 Å². The van der Waals surface area contributed by atoms with E-state index >= 15 is 0 Å². The molecule has 1 fully saturated rings. The van der Waals surface area contributed by atoms with Crippen molar-refractivity contribution in [2.24, 2.45) is 0 Å². The number of benzene rings is 1. The van der Waals surface area contributed by atoms with Gasteiger partial charge in [0.25, 0.3) is 0 Å². The van der Waals surface area contributed by atoms with Gasteiger partial charge in [0.05, 0.1) is 25.3 Å². The van der Waals surface area contributed by atoms with E-state index < -0.39 is 0 Å². The van der Waals surface area contributed by atoms with Crippen LogP contribution in [0.5, 0.6) is 0 Å². The predicted molar refractivity (Wildman–Crippen MR) is 93.3 cm³/mol. The first-order valence-electron chi connectivity index (χ1n) is 8.97. The van der Waals surface area contributed by atoms with Crippen LogP contribution in [0.3, 0.4) is 0 Å². The van der Waals surface area contributed by atoms with Crippen molar-refractivity contribution >= 4 is 16.6 Å². The molecular formula is C19H26N3O+. The summed E-state index contributed by atoms with van der Waals surface area (Å²) in [5, 5.41) is 5.03. The SMILES string of the molecule is c1ccc2c(NCCC[NH+]3CCOCC3)c3c(nc2c1)CCC3. The maximum atomic E-state index is 5.43. The molecular weight excluding hydrogens is 286 g/mol. The van der Waals surface area contributed by atoms with E-state index in [1.165, 1.54) is 48.1 Å². The Labute approximate surface area is 137 Å². The highest BCUT2D eigenvalue weighted by molar-refractivity contribution is 5.93. The first-order valence-corrected chi connectivity index (χ1v) is 8.97. The summed E-state index contributed by atoms with van der Waals surface area (Å²) in [5.41, 5.74) is 5.25. The van der Waals surface area contributed by atoms with Gasteiger partial charge in [0.15, 0.2) is 0 Å². The van der Waals surface area contributed by atoms with Crippen molar-refractivity contribution < 1.29 is 9.64 Å². The molecule has 122 valence electrons. The zero-order chi connectivity index (χ0) is 15.5. The second-order valence-corrected chi connectivity index (χ2v) is 6.68. The number of pyridine rings is 1. The molecule has 2 aliphatic rings. The number of para-hydroxylation sites is 1. The summed E-state index contributed by atoms with van der Waals surface area (Å²) in [6.45, 7) is 6.45. The predicted octanol–water partition coefficient (Wildman–Crippen LogP) is 1.44. The van der Waals surface area contributed by atoms with Crippen LogP contribution in [-0.2, 0) is 17.6 Å². The van der Waals surface area contributed by atoms with Crippen molar-refractivity contribution in [2.75, 3.05) is 44.7 Å². The van der Waals surface area contributed by atoms with E-state index in [-0.39, 0.29) is 0 Å². The molecule has 1 aromatic heterocycles. The van der Waals surface area contributed by atoms with Gasteiger partial charge in [-0.05, 0) is 30.9 Å². The molecule has 1 aliphatic carbocycles. The molecule has 1 aliphatic heterocycles. The molecule has 4 heteroatoms. The molecule has 2 aromatic rings. The fraction of sp³-hybridized carbons (Fsp3) is 0.526. The third-order valence-electron chi connectivity index (χ3n) is 5.13. The molecule has 0 bridgehead atoms. The van der Waals surface area contributed by atoms with Crippen LogP contribution in [0, 0.1) is 0 Å². The highest BCUT2D eigenvalue weighted by atomic mass is 16.5. The van der Waals surface area contributed by atoms with Crippen molar-refractivity contribution in [3.8, 4) is 0 Å². The van der Waals surface area contributed by atoms with Crippen LogP contribution in [0.2, 0.25) is 0 Å². The molecule has 2 heterocycles. The normalized spacial score (nSPS) is 18.3. The number of hydrogen-bond acceptors (Lipinski definition) is 3. The summed E-state index contributed by atoms with van der Waals surface area (Å²) in [6, 6.07) is 8.55. The maximum absolute atomic E-state index is 5.43. The van der Waals surface area contributed by atoms with E-state index in [9.17, 15) is 0 Å². The van der Waals surface area contributed by atoms with E-state index in [4.69, 9.17) is 9.72 Å². The lowest BCUT2D eigenvalue weighted by Crippen LogP contribution is -3.14. The average molecular weight is 312 g/mol. The number of fused-ring (bicyclic) bond motifs is 2. The highest BCUT2D eigenvalue weighted by Crippen LogP contribution is 2.33. The Hall–Kier alpha value is -1.65. The van der Waals surface area contributed by atoms with Gasteiger partial charge in [-0.1, -0.05) is 18.2 Å². The van der Waals surface area contributed by atoms with Crippen LogP contribution >= 0.6 is 0 Å². The summed E-state index contributed by atoms with van der Waals surface area (Å²) in [6.07, 6.45) is 4.75. The molecule has 4 rings (SSSR count). The van der Waals surface area contributed by atoms with Crippen molar-refractivity contribution in [2.45, 2.75) is 25.7 Å². The van der Waals surface area contributed by atoms with Crippen LogP contribution in [-0.4, -0.2) is 44.4 Å². The Morgan fingerprint density at radius 2 is 2.00 bits per heavy atom. The molecule has 1 saturated heterocycles. The van der Waals surface area contributed by atoms with E-state index in [0.29, 0.717) is 0 Å². The van der Waals surface area contributed by atoms with Crippen molar-refractivity contribution in [1.82, 2.24) is 4.98 Å². The minimum Gasteiger partial charge on any atom is -0.384 e. The van der Waals surface area contributed by atoms with Crippen LogP contribution in [0.4, 0.5) is 5.69 Å². The minimum atomic E-state index is 0.922. The summed E-state index contributed by atoms with van der Waals surface area (Å²) >= 11 is 0. The van der Waals surface area contributed by atoms with Crippen molar-refractivity contribution in [3.05, 3.63) is 35.5 Å². The zero-order valence-electron chi connectivity index (χ0n) is 13.7. The molecule has 4 nitrogen and oxygen atoms in total. The first kappa shape index (κ1) is 14.9. The van der Waals surface area contributed by atoms with Gasteiger partial charge in [-0.15, -0.1) is 0 Å². The van der Waals surface area contributed by atoms with Gasteiger partial charge < -0.3 is 15.0 Å². The Morgan fingerprint density at radius 3 is 2.91 bits per heavy atom. The van der Waals surface area contributed by atoms with Crippen LogP contribution in [0.25, 0.3) is 10.9 Å². The Balaban J connectivity index is 1.45. The van der Waals surface area contributed by atoms with Gasteiger partial charge in [0.2, 0.25) is 0 Å². The minimum absolute atomic E-state index is 0.922. The molecule has 23 heavy (non-hydrogen) atoms. The number of hydrogen-bond donors (Lipinski definition) is 2. The molecule has 2 N–H and O–H groups in total. The molecule has 0 saturated carbocycles.